The third-order valence-electron chi connectivity index (χ3n) is 3.20. The smallest absolute Gasteiger partial charge is 0.141 e. The van der Waals surface area contributed by atoms with Gasteiger partial charge >= 0.3 is 0 Å². The van der Waals surface area contributed by atoms with Gasteiger partial charge in [-0.1, -0.05) is 23.2 Å². The van der Waals surface area contributed by atoms with Crippen LogP contribution in [0.2, 0.25) is 10.0 Å². The molecule has 2 aromatic carbocycles. The molecule has 0 aliphatic heterocycles. The fourth-order valence-electron chi connectivity index (χ4n) is 2.18. The first-order chi connectivity index (χ1) is 9.58. The summed E-state index contributed by atoms with van der Waals surface area (Å²) in [6.07, 6.45) is 0. The molecule has 0 unspecified atom stereocenters. The average molecular weight is 307 g/mol. The molecular formula is C15H12Cl2N2O. The molecule has 0 aliphatic rings. The Balaban J connectivity index is 2.12. The van der Waals surface area contributed by atoms with Crippen LogP contribution in [-0.4, -0.2) is 12.1 Å². The van der Waals surface area contributed by atoms with E-state index in [-0.39, 0.29) is 0 Å². The van der Waals surface area contributed by atoms with Gasteiger partial charge in [-0.25, -0.2) is 0 Å². The Morgan fingerprint density at radius 1 is 1.05 bits per heavy atom. The van der Waals surface area contributed by atoms with E-state index in [1.807, 2.05) is 36.4 Å². The third kappa shape index (κ3) is 2.19. The number of ether oxygens (including phenoxy) is 1. The van der Waals surface area contributed by atoms with Gasteiger partial charge in [0.25, 0.3) is 0 Å². The zero-order valence-corrected chi connectivity index (χ0v) is 12.2. The fraction of sp³-hybridized carbons (Fsp3) is 0.0667. The lowest BCUT2D eigenvalue weighted by atomic mass is 10.1. The molecule has 20 heavy (non-hydrogen) atoms. The number of halogens is 2. The Bertz CT molecular complexity index is 757. The molecule has 0 radical (unpaired) electrons. The van der Waals surface area contributed by atoms with E-state index in [1.54, 1.807) is 7.11 Å². The van der Waals surface area contributed by atoms with Gasteiger partial charge in [-0.15, -0.1) is 0 Å². The van der Waals surface area contributed by atoms with Crippen molar-refractivity contribution >= 4 is 39.8 Å². The highest BCUT2D eigenvalue weighted by Gasteiger charge is 2.08. The third-order valence-corrected chi connectivity index (χ3v) is 3.92. The zero-order valence-electron chi connectivity index (χ0n) is 10.7. The first-order valence-corrected chi connectivity index (χ1v) is 6.76. The maximum absolute atomic E-state index is 6.03. The van der Waals surface area contributed by atoms with Gasteiger partial charge in [0.15, 0.2) is 0 Å². The maximum atomic E-state index is 6.03. The normalized spacial score (nSPS) is 10.9. The van der Waals surface area contributed by atoms with Gasteiger partial charge in [0.2, 0.25) is 0 Å². The number of rotatable bonds is 2. The molecule has 0 saturated carbocycles. The van der Waals surface area contributed by atoms with Gasteiger partial charge in [-0.2, -0.15) is 0 Å². The number of hydrogen-bond donors (Lipinski definition) is 2. The lowest BCUT2D eigenvalue weighted by molar-refractivity contribution is 0.417. The molecule has 0 spiro atoms. The van der Waals surface area contributed by atoms with E-state index < -0.39 is 0 Å². The van der Waals surface area contributed by atoms with Crippen LogP contribution in [0.15, 0.2) is 36.4 Å². The minimum atomic E-state index is 0.529. The second-order valence-corrected chi connectivity index (χ2v) is 5.31. The highest BCUT2D eigenvalue weighted by Crippen LogP contribution is 2.33. The summed E-state index contributed by atoms with van der Waals surface area (Å²) >= 11 is 12.0. The summed E-state index contributed by atoms with van der Waals surface area (Å²) in [5.41, 5.74) is 9.39. The van der Waals surface area contributed by atoms with Gasteiger partial charge in [0, 0.05) is 22.2 Å². The van der Waals surface area contributed by atoms with Gasteiger partial charge in [0.1, 0.15) is 5.75 Å². The summed E-state index contributed by atoms with van der Waals surface area (Å²) < 4.78 is 5.16. The Hall–Kier alpha value is -1.84. The number of methoxy groups -OCH3 is 1. The number of nitrogen functional groups attached to an aromatic ring is 1. The van der Waals surface area contributed by atoms with Crippen LogP contribution in [0.4, 0.5) is 5.69 Å². The molecule has 3 rings (SSSR count). The fourth-order valence-corrected chi connectivity index (χ4v) is 2.52. The molecular weight excluding hydrogens is 295 g/mol. The van der Waals surface area contributed by atoms with E-state index in [9.17, 15) is 0 Å². The van der Waals surface area contributed by atoms with Crippen molar-refractivity contribution in [3.63, 3.8) is 0 Å². The van der Waals surface area contributed by atoms with Crippen LogP contribution in [0.1, 0.15) is 0 Å². The van der Waals surface area contributed by atoms with Crippen molar-refractivity contribution in [3.8, 4) is 17.0 Å². The molecule has 0 aliphatic carbocycles. The van der Waals surface area contributed by atoms with Crippen molar-refractivity contribution in [2.45, 2.75) is 0 Å². The Morgan fingerprint density at radius 2 is 1.80 bits per heavy atom. The van der Waals surface area contributed by atoms with Gasteiger partial charge in [-0.3, -0.25) is 0 Å². The van der Waals surface area contributed by atoms with Crippen LogP contribution in [0.3, 0.4) is 0 Å². The van der Waals surface area contributed by atoms with Crippen molar-refractivity contribution in [2.24, 2.45) is 0 Å². The summed E-state index contributed by atoms with van der Waals surface area (Å²) in [6.45, 7) is 0. The summed E-state index contributed by atoms with van der Waals surface area (Å²) in [5.74, 6) is 0.663. The van der Waals surface area contributed by atoms with Gasteiger partial charge in [0.05, 0.1) is 22.8 Å². The minimum absolute atomic E-state index is 0.529. The molecule has 3 aromatic rings. The molecule has 0 atom stereocenters. The van der Waals surface area contributed by atoms with Crippen LogP contribution in [0.5, 0.6) is 5.75 Å². The van der Waals surface area contributed by atoms with Gasteiger partial charge < -0.3 is 15.5 Å². The van der Waals surface area contributed by atoms with Crippen molar-refractivity contribution in [2.75, 3.05) is 12.8 Å². The number of nitrogens with one attached hydrogen (secondary N) is 1. The summed E-state index contributed by atoms with van der Waals surface area (Å²) in [4.78, 5) is 3.31. The topological polar surface area (TPSA) is 51.0 Å². The molecule has 0 bridgehead atoms. The van der Waals surface area contributed by atoms with Crippen molar-refractivity contribution < 1.29 is 4.74 Å². The van der Waals surface area contributed by atoms with E-state index >= 15 is 0 Å². The number of fused-ring (bicyclic) bond motifs is 1. The average Bonchev–Trinajstić information content (AvgIpc) is 2.82. The second kappa shape index (κ2) is 4.93. The van der Waals surface area contributed by atoms with Crippen LogP contribution >= 0.6 is 23.2 Å². The predicted molar refractivity (Wildman–Crippen MR) is 84.7 cm³/mol. The molecule has 5 heteroatoms. The molecule has 1 aromatic heterocycles. The monoisotopic (exact) mass is 306 g/mol. The highest BCUT2D eigenvalue weighted by molar-refractivity contribution is 6.42. The largest absolute Gasteiger partial charge is 0.495 e. The van der Waals surface area contributed by atoms with E-state index in [1.165, 1.54) is 0 Å². The molecule has 3 N–H and O–H groups in total. The molecule has 1 heterocycles. The minimum Gasteiger partial charge on any atom is -0.495 e. The van der Waals surface area contributed by atoms with Crippen molar-refractivity contribution in [3.05, 3.63) is 46.4 Å². The van der Waals surface area contributed by atoms with Crippen molar-refractivity contribution in [1.82, 2.24) is 4.98 Å². The van der Waals surface area contributed by atoms with Crippen molar-refractivity contribution in [1.29, 1.82) is 0 Å². The summed E-state index contributed by atoms with van der Waals surface area (Å²) in [5, 5.41) is 2.07. The van der Waals surface area contributed by atoms with Crippen LogP contribution < -0.4 is 10.5 Å². The van der Waals surface area contributed by atoms with E-state index in [0.29, 0.717) is 21.5 Å². The number of H-pyrrole nitrogens is 1. The number of aromatic amines is 1. The number of benzene rings is 2. The Labute approximate surface area is 126 Å². The standard InChI is InChI=1S/C15H12Cl2N2O/c1-20-15-3-2-8(5-12(15)18)13-6-9-4-10(16)11(17)7-14(9)19-13/h2-7,19H,18H2,1H3. The number of nitrogens with two attached hydrogens (primary N) is 1. The molecule has 0 fully saturated rings. The lowest BCUT2D eigenvalue weighted by Gasteiger charge is -2.05. The zero-order chi connectivity index (χ0) is 14.3. The number of aromatic nitrogens is 1. The van der Waals surface area contributed by atoms with E-state index in [2.05, 4.69) is 4.98 Å². The van der Waals surface area contributed by atoms with Gasteiger partial charge in [-0.05, 0) is 36.4 Å². The molecule has 3 nitrogen and oxygen atoms in total. The lowest BCUT2D eigenvalue weighted by Crippen LogP contribution is -1.92. The molecule has 0 amide bonds. The highest BCUT2D eigenvalue weighted by atomic mass is 35.5. The SMILES string of the molecule is COc1ccc(-c2cc3cc(Cl)c(Cl)cc3[nH]2)cc1N. The summed E-state index contributed by atoms with van der Waals surface area (Å²) in [7, 11) is 1.60. The van der Waals surface area contributed by atoms with Crippen LogP contribution in [0.25, 0.3) is 22.2 Å². The predicted octanol–water partition coefficient (Wildman–Crippen LogP) is 4.73. The van der Waals surface area contributed by atoms with E-state index in [0.717, 1.165) is 22.2 Å². The first kappa shape index (κ1) is 13.2. The number of anilines is 1. The number of hydrogen-bond acceptors (Lipinski definition) is 2. The molecule has 102 valence electrons. The second-order valence-electron chi connectivity index (χ2n) is 4.49. The molecule has 0 saturated heterocycles. The summed E-state index contributed by atoms with van der Waals surface area (Å²) in [6, 6.07) is 11.3. The van der Waals surface area contributed by atoms with E-state index in [4.69, 9.17) is 33.7 Å². The maximum Gasteiger partial charge on any atom is 0.141 e. The Morgan fingerprint density at radius 3 is 2.50 bits per heavy atom. The van der Waals surface area contributed by atoms with Crippen LogP contribution in [-0.2, 0) is 0 Å². The Kier molecular flexibility index (Phi) is 3.24. The first-order valence-electron chi connectivity index (χ1n) is 6.00. The quantitative estimate of drug-likeness (QED) is 0.672. The van der Waals surface area contributed by atoms with Crippen LogP contribution in [0, 0.1) is 0 Å².